The quantitative estimate of drug-likeness (QED) is 0.781. The molecule has 0 aliphatic heterocycles. The number of hydrogen-bond acceptors (Lipinski definition) is 1. The Morgan fingerprint density at radius 1 is 0.909 bits per heavy atom. The molecule has 2 N–H and O–H groups in total. The second-order valence-corrected chi connectivity index (χ2v) is 6.72. The Bertz CT molecular complexity index is 667. The molecule has 0 aliphatic rings. The van der Waals surface area contributed by atoms with E-state index in [1.807, 2.05) is 56.3 Å². The third-order valence-corrected chi connectivity index (χ3v) is 3.65. The summed E-state index contributed by atoms with van der Waals surface area (Å²) in [5.74, 6) is 0. The standard InChI is InChI=1S/C19H24N2O/c1-13-6-7-14(2)17(12-13)21-18(22)20-16-10-8-15(9-11-16)19(3,4)5/h6-12H,1-5H3,(H2,20,21,22). The van der Waals surface area contributed by atoms with Crippen LogP contribution in [0.15, 0.2) is 42.5 Å². The van der Waals surface area contributed by atoms with Crippen LogP contribution in [0.25, 0.3) is 0 Å². The highest BCUT2D eigenvalue weighted by Gasteiger charge is 2.13. The maximum Gasteiger partial charge on any atom is 0.323 e. The Balaban J connectivity index is 2.04. The normalized spacial score (nSPS) is 11.1. The monoisotopic (exact) mass is 296 g/mol. The number of hydrogen-bond donors (Lipinski definition) is 2. The number of urea groups is 1. The second kappa shape index (κ2) is 6.22. The van der Waals surface area contributed by atoms with E-state index < -0.39 is 0 Å². The van der Waals surface area contributed by atoms with Crippen LogP contribution < -0.4 is 10.6 Å². The predicted octanol–water partition coefficient (Wildman–Crippen LogP) is 5.24. The summed E-state index contributed by atoms with van der Waals surface area (Å²) in [4.78, 5) is 12.1. The molecule has 116 valence electrons. The number of nitrogens with one attached hydrogen (secondary N) is 2. The summed E-state index contributed by atoms with van der Waals surface area (Å²) >= 11 is 0. The first-order valence-electron chi connectivity index (χ1n) is 7.51. The van der Waals surface area contributed by atoms with E-state index in [1.54, 1.807) is 0 Å². The molecule has 0 aromatic heterocycles. The van der Waals surface area contributed by atoms with Crippen molar-refractivity contribution in [3.8, 4) is 0 Å². The van der Waals surface area contributed by atoms with Crippen molar-refractivity contribution in [1.82, 2.24) is 0 Å². The molecule has 22 heavy (non-hydrogen) atoms. The van der Waals surface area contributed by atoms with E-state index in [9.17, 15) is 4.79 Å². The van der Waals surface area contributed by atoms with Gasteiger partial charge in [-0.15, -0.1) is 0 Å². The average Bonchev–Trinajstić information content (AvgIpc) is 2.42. The maximum atomic E-state index is 12.1. The Morgan fingerprint density at radius 2 is 1.55 bits per heavy atom. The summed E-state index contributed by atoms with van der Waals surface area (Å²) in [5, 5.41) is 5.76. The predicted molar refractivity (Wildman–Crippen MR) is 93.7 cm³/mol. The molecule has 0 aliphatic carbocycles. The molecule has 0 unspecified atom stereocenters. The fourth-order valence-electron chi connectivity index (χ4n) is 2.21. The van der Waals surface area contributed by atoms with Crippen molar-refractivity contribution < 1.29 is 4.79 Å². The van der Waals surface area contributed by atoms with Crippen LogP contribution in [-0.4, -0.2) is 6.03 Å². The lowest BCUT2D eigenvalue weighted by atomic mass is 9.87. The highest BCUT2D eigenvalue weighted by atomic mass is 16.2. The van der Waals surface area contributed by atoms with Crippen molar-refractivity contribution in [2.75, 3.05) is 10.6 Å². The molecule has 2 amide bonds. The van der Waals surface area contributed by atoms with Gasteiger partial charge in [-0.1, -0.05) is 45.0 Å². The first kappa shape index (κ1) is 16.1. The summed E-state index contributed by atoms with van der Waals surface area (Å²) in [7, 11) is 0. The fraction of sp³-hybridized carbons (Fsp3) is 0.316. The van der Waals surface area contributed by atoms with Gasteiger partial charge < -0.3 is 10.6 Å². The Kier molecular flexibility index (Phi) is 4.55. The van der Waals surface area contributed by atoms with E-state index in [2.05, 4.69) is 31.4 Å². The topological polar surface area (TPSA) is 41.1 Å². The molecule has 0 spiro atoms. The van der Waals surface area contributed by atoms with Gasteiger partial charge in [0.05, 0.1) is 0 Å². The van der Waals surface area contributed by atoms with Crippen molar-refractivity contribution in [2.45, 2.75) is 40.0 Å². The summed E-state index contributed by atoms with van der Waals surface area (Å²) in [5.41, 5.74) is 5.14. The molecule has 2 aromatic carbocycles. The van der Waals surface area contributed by atoms with Gasteiger partial charge in [-0.3, -0.25) is 0 Å². The molecular formula is C19H24N2O. The summed E-state index contributed by atoms with van der Waals surface area (Å²) in [6.07, 6.45) is 0. The van der Waals surface area contributed by atoms with Gasteiger partial charge in [-0.05, 0) is 54.2 Å². The molecule has 2 aromatic rings. The first-order valence-corrected chi connectivity index (χ1v) is 7.51. The summed E-state index contributed by atoms with van der Waals surface area (Å²) in [6.45, 7) is 10.5. The minimum Gasteiger partial charge on any atom is -0.308 e. The van der Waals surface area contributed by atoms with Crippen molar-refractivity contribution in [1.29, 1.82) is 0 Å². The van der Waals surface area contributed by atoms with E-state index in [0.717, 1.165) is 22.5 Å². The van der Waals surface area contributed by atoms with Crippen LogP contribution in [0.2, 0.25) is 0 Å². The van der Waals surface area contributed by atoms with Gasteiger partial charge in [-0.25, -0.2) is 4.79 Å². The van der Waals surface area contributed by atoms with Gasteiger partial charge in [0.2, 0.25) is 0 Å². The molecule has 0 bridgehead atoms. The van der Waals surface area contributed by atoms with Crippen LogP contribution in [0, 0.1) is 13.8 Å². The molecular weight excluding hydrogens is 272 g/mol. The minimum atomic E-state index is -0.225. The van der Waals surface area contributed by atoms with E-state index in [4.69, 9.17) is 0 Å². The van der Waals surface area contributed by atoms with E-state index in [1.165, 1.54) is 5.56 Å². The molecule has 0 radical (unpaired) electrons. The largest absolute Gasteiger partial charge is 0.323 e. The van der Waals surface area contributed by atoms with Gasteiger partial charge in [0.25, 0.3) is 0 Å². The van der Waals surface area contributed by atoms with Gasteiger partial charge >= 0.3 is 6.03 Å². The summed E-state index contributed by atoms with van der Waals surface area (Å²) < 4.78 is 0. The number of carbonyl (C=O) groups is 1. The highest BCUT2D eigenvalue weighted by molar-refractivity contribution is 6.00. The number of aryl methyl sites for hydroxylation is 2. The van der Waals surface area contributed by atoms with Crippen LogP contribution in [0.3, 0.4) is 0 Å². The summed E-state index contributed by atoms with van der Waals surface area (Å²) in [6, 6.07) is 13.7. The zero-order valence-electron chi connectivity index (χ0n) is 13.9. The van der Waals surface area contributed by atoms with E-state index >= 15 is 0 Å². The molecule has 0 fully saturated rings. The second-order valence-electron chi connectivity index (χ2n) is 6.72. The minimum absolute atomic E-state index is 0.111. The lowest BCUT2D eigenvalue weighted by Gasteiger charge is -2.19. The molecule has 3 nitrogen and oxygen atoms in total. The van der Waals surface area contributed by atoms with Crippen LogP contribution >= 0.6 is 0 Å². The molecule has 0 atom stereocenters. The lowest BCUT2D eigenvalue weighted by molar-refractivity contribution is 0.262. The van der Waals surface area contributed by atoms with Crippen molar-refractivity contribution in [3.63, 3.8) is 0 Å². The molecule has 0 saturated heterocycles. The van der Waals surface area contributed by atoms with E-state index in [-0.39, 0.29) is 11.4 Å². The molecule has 0 heterocycles. The highest BCUT2D eigenvalue weighted by Crippen LogP contribution is 2.23. The van der Waals surface area contributed by atoms with Gasteiger partial charge in [0.1, 0.15) is 0 Å². The third kappa shape index (κ3) is 4.10. The number of carbonyl (C=O) groups excluding carboxylic acids is 1. The number of amides is 2. The van der Waals surface area contributed by atoms with Crippen molar-refractivity contribution in [3.05, 3.63) is 59.2 Å². The van der Waals surface area contributed by atoms with Crippen molar-refractivity contribution >= 4 is 17.4 Å². The van der Waals surface area contributed by atoms with E-state index in [0.29, 0.717) is 0 Å². The lowest BCUT2D eigenvalue weighted by Crippen LogP contribution is -2.20. The van der Waals surface area contributed by atoms with Crippen LogP contribution in [0.1, 0.15) is 37.5 Å². The Morgan fingerprint density at radius 3 is 2.14 bits per heavy atom. The van der Waals surface area contributed by atoms with Gasteiger partial charge in [-0.2, -0.15) is 0 Å². The Hall–Kier alpha value is -2.29. The average molecular weight is 296 g/mol. The van der Waals surface area contributed by atoms with Crippen molar-refractivity contribution in [2.24, 2.45) is 0 Å². The Labute approximate surface area is 132 Å². The zero-order chi connectivity index (χ0) is 16.3. The van der Waals surface area contributed by atoms with Gasteiger partial charge in [0, 0.05) is 11.4 Å². The molecule has 3 heteroatoms. The fourth-order valence-corrected chi connectivity index (χ4v) is 2.21. The third-order valence-electron chi connectivity index (χ3n) is 3.65. The van der Waals surface area contributed by atoms with Crippen LogP contribution in [0.5, 0.6) is 0 Å². The first-order chi connectivity index (χ1) is 10.3. The van der Waals surface area contributed by atoms with Crippen LogP contribution in [-0.2, 0) is 5.41 Å². The number of benzene rings is 2. The zero-order valence-corrected chi connectivity index (χ0v) is 13.9. The van der Waals surface area contributed by atoms with Gasteiger partial charge in [0.15, 0.2) is 0 Å². The number of anilines is 2. The maximum absolute atomic E-state index is 12.1. The SMILES string of the molecule is Cc1ccc(C)c(NC(=O)Nc2ccc(C(C)(C)C)cc2)c1. The smallest absolute Gasteiger partial charge is 0.308 e. The molecule has 2 rings (SSSR count). The van der Waals surface area contributed by atoms with Crippen LogP contribution in [0.4, 0.5) is 16.2 Å². The number of rotatable bonds is 2. The molecule has 0 saturated carbocycles.